The fourth-order valence-electron chi connectivity index (χ4n) is 2.13. The van der Waals surface area contributed by atoms with Crippen molar-refractivity contribution in [3.05, 3.63) is 63.0 Å². The lowest BCUT2D eigenvalue weighted by Crippen LogP contribution is -2.14. The van der Waals surface area contributed by atoms with Gasteiger partial charge in [0.15, 0.2) is 0 Å². The minimum atomic E-state index is -0.123. The van der Waals surface area contributed by atoms with Crippen LogP contribution in [0.2, 0.25) is 0 Å². The highest BCUT2D eigenvalue weighted by Crippen LogP contribution is 2.24. The highest BCUT2D eigenvalue weighted by Gasteiger charge is 2.11. The van der Waals surface area contributed by atoms with Crippen LogP contribution in [0.25, 0.3) is 16.7 Å². The third-order valence-corrected chi connectivity index (χ3v) is 3.55. The van der Waals surface area contributed by atoms with Gasteiger partial charge in [-0.25, -0.2) is 4.79 Å². The number of halogens is 1. The molecule has 1 heterocycles. The molecule has 0 spiro atoms. The molecule has 4 heteroatoms. The fourth-order valence-corrected chi connectivity index (χ4v) is 2.67. The summed E-state index contributed by atoms with van der Waals surface area (Å²) in [5, 5.41) is 0. The number of para-hydroxylation sites is 1. The number of aryl methyl sites for hydroxylation is 1. The zero-order valence-corrected chi connectivity index (χ0v) is 11.4. The lowest BCUT2D eigenvalue weighted by Gasteiger charge is -2.05. The molecular formula is C14H11BrN2O. The summed E-state index contributed by atoms with van der Waals surface area (Å²) in [6, 6.07) is 13.6. The number of H-pyrrole nitrogens is 1. The molecule has 0 saturated heterocycles. The largest absolute Gasteiger partial charge is 0.331 e. The molecule has 2 aromatic carbocycles. The summed E-state index contributed by atoms with van der Waals surface area (Å²) in [5.74, 6) is 0. The molecular weight excluding hydrogens is 292 g/mol. The van der Waals surface area contributed by atoms with Crippen molar-refractivity contribution in [3.63, 3.8) is 0 Å². The van der Waals surface area contributed by atoms with Gasteiger partial charge in [-0.3, -0.25) is 4.57 Å². The average Bonchev–Trinajstić information content (AvgIpc) is 2.67. The SMILES string of the molecule is Cc1cccc(-n2c(=O)[nH]c3cccc(Br)c32)c1. The van der Waals surface area contributed by atoms with Crippen LogP contribution in [0, 0.1) is 6.92 Å². The Balaban J connectivity index is 2.42. The van der Waals surface area contributed by atoms with Gasteiger partial charge in [0.25, 0.3) is 0 Å². The molecule has 0 saturated carbocycles. The Kier molecular flexibility index (Phi) is 2.59. The monoisotopic (exact) mass is 302 g/mol. The molecule has 0 amide bonds. The van der Waals surface area contributed by atoms with Gasteiger partial charge >= 0.3 is 5.69 Å². The normalized spacial score (nSPS) is 11.0. The molecule has 0 fully saturated rings. The van der Waals surface area contributed by atoms with E-state index in [4.69, 9.17) is 0 Å². The van der Waals surface area contributed by atoms with Gasteiger partial charge in [0.1, 0.15) is 0 Å². The average molecular weight is 303 g/mol. The van der Waals surface area contributed by atoms with Crippen LogP contribution in [0.4, 0.5) is 0 Å². The second kappa shape index (κ2) is 4.14. The number of nitrogens with zero attached hydrogens (tertiary/aromatic N) is 1. The van der Waals surface area contributed by atoms with Crippen molar-refractivity contribution in [1.29, 1.82) is 0 Å². The standard InChI is InChI=1S/C14H11BrN2O/c1-9-4-2-5-10(8-9)17-13-11(15)6-3-7-12(13)16-14(17)18/h2-8H,1H3,(H,16,18). The number of fused-ring (bicyclic) bond motifs is 1. The van der Waals surface area contributed by atoms with Crippen LogP contribution in [-0.2, 0) is 0 Å². The first-order valence-corrected chi connectivity index (χ1v) is 6.42. The first-order valence-electron chi connectivity index (χ1n) is 5.63. The fraction of sp³-hybridized carbons (Fsp3) is 0.0714. The molecule has 3 nitrogen and oxygen atoms in total. The van der Waals surface area contributed by atoms with E-state index in [1.165, 1.54) is 0 Å². The van der Waals surface area contributed by atoms with E-state index in [1.54, 1.807) is 4.57 Å². The van der Waals surface area contributed by atoms with Gasteiger partial charge in [0.2, 0.25) is 0 Å². The quantitative estimate of drug-likeness (QED) is 0.735. The van der Waals surface area contributed by atoms with E-state index in [0.29, 0.717) is 0 Å². The van der Waals surface area contributed by atoms with Crippen LogP contribution in [-0.4, -0.2) is 9.55 Å². The van der Waals surface area contributed by atoms with Crippen LogP contribution in [0.15, 0.2) is 51.7 Å². The predicted octanol–water partition coefficient (Wildman–Crippen LogP) is 3.39. The maximum absolute atomic E-state index is 12.1. The summed E-state index contributed by atoms with van der Waals surface area (Å²) >= 11 is 3.50. The van der Waals surface area contributed by atoms with Crippen molar-refractivity contribution in [2.45, 2.75) is 6.92 Å². The van der Waals surface area contributed by atoms with Crippen molar-refractivity contribution in [2.24, 2.45) is 0 Å². The topological polar surface area (TPSA) is 37.8 Å². The first-order chi connectivity index (χ1) is 8.66. The third-order valence-electron chi connectivity index (χ3n) is 2.91. The Hall–Kier alpha value is -1.81. The zero-order valence-electron chi connectivity index (χ0n) is 9.77. The Labute approximate surface area is 112 Å². The van der Waals surface area contributed by atoms with E-state index in [0.717, 1.165) is 26.8 Å². The number of hydrogen-bond donors (Lipinski definition) is 1. The maximum Gasteiger partial charge on any atom is 0.331 e. The lowest BCUT2D eigenvalue weighted by molar-refractivity contribution is 1.01. The molecule has 0 aliphatic carbocycles. The van der Waals surface area contributed by atoms with Gasteiger partial charge in [-0.1, -0.05) is 18.2 Å². The predicted molar refractivity (Wildman–Crippen MR) is 76.3 cm³/mol. The van der Waals surface area contributed by atoms with Gasteiger partial charge in [0, 0.05) is 4.47 Å². The van der Waals surface area contributed by atoms with Crippen molar-refractivity contribution in [3.8, 4) is 5.69 Å². The molecule has 0 aliphatic rings. The van der Waals surface area contributed by atoms with Crippen LogP contribution < -0.4 is 5.69 Å². The maximum atomic E-state index is 12.1. The molecule has 3 rings (SSSR count). The Morgan fingerprint density at radius 2 is 1.94 bits per heavy atom. The molecule has 0 radical (unpaired) electrons. The highest BCUT2D eigenvalue weighted by atomic mass is 79.9. The van der Waals surface area contributed by atoms with Crippen LogP contribution in [0.3, 0.4) is 0 Å². The van der Waals surface area contributed by atoms with Crippen LogP contribution in [0.1, 0.15) is 5.56 Å². The number of aromatic nitrogens is 2. The summed E-state index contributed by atoms with van der Waals surface area (Å²) < 4.78 is 2.59. The van der Waals surface area contributed by atoms with Crippen molar-refractivity contribution in [1.82, 2.24) is 9.55 Å². The smallest absolute Gasteiger partial charge is 0.305 e. The second-order valence-electron chi connectivity index (χ2n) is 4.24. The highest BCUT2D eigenvalue weighted by molar-refractivity contribution is 9.10. The molecule has 0 bridgehead atoms. The zero-order chi connectivity index (χ0) is 12.7. The van der Waals surface area contributed by atoms with E-state index < -0.39 is 0 Å². The molecule has 3 aromatic rings. The summed E-state index contributed by atoms with van der Waals surface area (Å²) in [6.07, 6.45) is 0. The molecule has 90 valence electrons. The van der Waals surface area contributed by atoms with E-state index in [2.05, 4.69) is 20.9 Å². The van der Waals surface area contributed by atoms with Crippen LogP contribution >= 0.6 is 15.9 Å². The number of nitrogens with one attached hydrogen (secondary N) is 1. The minimum Gasteiger partial charge on any atom is -0.305 e. The van der Waals surface area contributed by atoms with Gasteiger partial charge < -0.3 is 4.98 Å². The molecule has 1 aromatic heterocycles. The van der Waals surface area contributed by atoms with Crippen molar-refractivity contribution < 1.29 is 0 Å². The summed E-state index contributed by atoms with van der Waals surface area (Å²) in [6.45, 7) is 2.01. The van der Waals surface area contributed by atoms with E-state index in [1.807, 2.05) is 49.4 Å². The first kappa shape index (κ1) is 11.3. The number of rotatable bonds is 1. The van der Waals surface area contributed by atoms with Gasteiger partial charge in [-0.05, 0) is 52.7 Å². The Bertz CT molecular complexity index is 786. The summed E-state index contributed by atoms with van der Waals surface area (Å²) in [7, 11) is 0. The number of imidazole rings is 1. The molecule has 18 heavy (non-hydrogen) atoms. The third kappa shape index (κ3) is 1.69. The van der Waals surface area contributed by atoms with Crippen LogP contribution in [0.5, 0.6) is 0 Å². The molecule has 0 atom stereocenters. The number of aromatic amines is 1. The van der Waals surface area contributed by atoms with Gasteiger partial charge in [0.05, 0.1) is 16.7 Å². The molecule has 1 N–H and O–H groups in total. The molecule has 0 unspecified atom stereocenters. The van der Waals surface area contributed by atoms with Crippen molar-refractivity contribution >= 4 is 27.0 Å². The minimum absolute atomic E-state index is 0.123. The Morgan fingerprint density at radius 3 is 2.72 bits per heavy atom. The van der Waals surface area contributed by atoms with E-state index in [-0.39, 0.29) is 5.69 Å². The number of benzene rings is 2. The van der Waals surface area contributed by atoms with E-state index >= 15 is 0 Å². The number of hydrogen-bond acceptors (Lipinski definition) is 1. The van der Waals surface area contributed by atoms with Gasteiger partial charge in [-0.2, -0.15) is 0 Å². The molecule has 0 aliphatic heterocycles. The van der Waals surface area contributed by atoms with E-state index in [9.17, 15) is 4.79 Å². The summed E-state index contributed by atoms with van der Waals surface area (Å²) in [4.78, 5) is 15.0. The van der Waals surface area contributed by atoms with Crippen molar-refractivity contribution in [2.75, 3.05) is 0 Å². The lowest BCUT2D eigenvalue weighted by atomic mass is 10.2. The van der Waals surface area contributed by atoms with Gasteiger partial charge in [-0.15, -0.1) is 0 Å². The summed E-state index contributed by atoms with van der Waals surface area (Å²) in [5.41, 5.74) is 3.57. The Morgan fingerprint density at radius 1 is 1.17 bits per heavy atom. The second-order valence-corrected chi connectivity index (χ2v) is 5.09.